The number of carboxylic acids is 1. The van der Waals surface area contributed by atoms with Crippen LogP contribution in [0.15, 0.2) is 73.2 Å². The number of aromatic carboxylic acids is 1. The highest BCUT2D eigenvalue weighted by molar-refractivity contribution is 6.02. The molecule has 4 aromatic rings. The van der Waals surface area contributed by atoms with Gasteiger partial charge in [-0.15, -0.1) is 0 Å². The zero-order chi connectivity index (χ0) is 17.2. The van der Waals surface area contributed by atoms with E-state index < -0.39 is 5.97 Å². The fourth-order valence-corrected chi connectivity index (χ4v) is 2.94. The number of benzene rings is 1. The summed E-state index contributed by atoms with van der Waals surface area (Å²) in [5.41, 5.74) is 3.70. The Morgan fingerprint density at radius 3 is 2.64 bits per heavy atom. The minimum absolute atomic E-state index is 0.299. The molecule has 0 aliphatic heterocycles. The maximum atomic E-state index is 11.5. The van der Waals surface area contributed by atoms with Crippen LogP contribution in [0.25, 0.3) is 22.2 Å². The summed E-state index contributed by atoms with van der Waals surface area (Å²) in [4.78, 5) is 20.3. The molecule has 0 bridgehead atoms. The summed E-state index contributed by atoms with van der Waals surface area (Å²) in [6, 6.07) is 16.9. The van der Waals surface area contributed by atoms with Gasteiger partial charge in [0.15, 0.2) is 0 Å². The van der Waals surface area contributed by atoms with Gasteiger partial charge in [0, 0.05) is 29.5 Å². The van der Waals surface area contributed by atoms with Crippen LogP contribution in [0.3, 0.4) is 0 Å². The lowest BCUT2D eigenvalue weighted by Gasteiger charge is -2.08. The normalized spacial score (nSPS) is 10.9. The second-order valence-corrected chi connectivity index (χ2v) is 5.75. The summed E-state index contributed by atoms with van der Waals surface area (Å²) >= 11 is 0. The van der Waals surface area contributed by atoms with Crippen molar-refractivity contribution in [1.29, 1.82) is 0 Å². The Labute approximate surface area is 144 Å². The van der Waals surface area contributed by atoms with E-state index in [2.05, 4.69) is 9.97 Å². The van der Waals surface area contributed by atoms with Crippen LogP contribution in [0.1, 0.15) is 16.1 Å². The van der Waals surface area contributed by atoms with Crippen molar-refractivity contribution in [3.8, 4) is 11.3 Å². The average molecular weight is 329 g/mol. The summed E-state index contributed by atoms with van der Waals surface area (Å²) in [7, 11) is 0. The van der Waals surface area contributed by atoms with Gasteiger partial charge < -0.3 is 9.67 Å². The third-order valence-electron chi connectivity index (χ3n) is 4.14. The fourth-order valence-electron chi connectivity index (χ4n) is 2.94. The number of pyridine rings is 2. The largest absolute Gasteiger partial charge is 0.478 e. The van der Waals surface area contributed by atoms with Crippen molar-refractivity contribution in [2.75, 3.05) is 0 Å². The fraction of sp³-hybridized carbons (Fsp3) is 0.0500. The molecule has 0 unspecified atom stereocenters. The summed E-state index contributed by atoms with van der Waals surface area (Å²) in [5.74, 6) is -0.927. The summed E-state index contributed by atoms with van der Waals surface area (Å²) < 4.78 is 1.92. The number of aromatic nitrogens is 3. The highest BCUT2D eigenvalue weighted by atomic mass is 16.4. The molecule has 0 spiro atoms. The first kappa shape index (κ1) is 15.1. The molecule has 3 aromatic heterocycles. The van der Waals surface area contributed by atoms with E-state index in [4.69, 9.17) is 0 Å². The minimum Gasteiger partial charge on any atom is -0.478 e. The van der Waals surface area contributed by atoms with E-state index in [1.165, 1.54) is 0 Å². The van der Waals surface area contributed by atoms with Crippen molar-refractivity contribution in [3.63, 3.8) is 0 Å². The topological polar surface area (TPSA) is 68.0 Å². The third kappa shape index (κ3) is 2.87. The molecule has 0 fully saturated rings. The smallest absolute Gasteiger partial charge is 0.337 e. The summed E-state index contributed by atoms with van der Waals surface area (Å²) in [6.07, 6.45) is 5.44. The number of nitrogens with zero attached hydrogens (tertiary/aromatic N) is 3. The molecule has 0 atom stereocenters. The van der Waals surface area contributed by atoms with Gasteiger partial charge in [-0.2, -0.15) is 0 Å². The minimum atomic E-state index is -0.927. The van der Waals surface area contributed by atoms with Crippen molar-refractivity contribution in [2.24, 2.45) is 0 Å². The zero-order valence-electron chi connectivity index (χ0n) is 13.3. The molecular weight excluding hydrogens is 314 g/mol. The molecule has 0 saturated carbocycles. The number of carboxylic acid groups (broad SMARTS) is 1. The van der Waals surface area contributed by atoms with Crippen molar-refractivity contribution < 1.29 is 9.90 Å². The molecule has 0 amide bonds. The van der Waals surface area contributed by atoms with Gasteiger partial charge in [-0.3, -0.25) is 9.97 Å². The standard InChI is InChI=1S/C20H15N3O2/c24-20(25)17-5-3-4-14-9-11-23(19(14)17)13-16-8-7-15(12-22-16)18-6-1-2-10-21-18/h1-12H,13H2,(H,24,25). The number of hydrogen-bond donors (Lipinski definition) is 1. The number of fused-ring (bicyclic) bond motifs is 1. The first-order valence-corrected chi connectivity index (χ1v) is 7.90. The number of carbonyl (C=O) groups is 1. The molecule has 0 aliphatic rings. The Morgan fingerprint density at radius 2 is 1.92 bits per heavy atom. The Kier molecular flexibility index (Phi) is 3.74. The molecule has 1 aromatic carbocycles. The van der Waals surface area contributed by atoms with Gasteiger partial charge in [0.1, 0.15) is 0 Å². The molecule has 0 saturated heterocycles. The van der Waals surface area contributed by atoms with E-state index in [1.807, 2.05) is 53.2 Å². The van der Waals surface area contributed by atoms with Gasteiger partial charge in [-0.05, 0) is 36.4 Å². The van der Waals surface area contributed by atoms with Gasteiger partial charge in [0.05, 0.1) is 29.0 Å². The van der Waals surface area contributed by atoms with Crippen LogP contribution in [-0.4, -0.2) is 25.6 Å². The Morgan fingerprint density at radius 1 is 1.00 bits per heavy atom. The Balaban J connectivity index is 1.67. The van der Waals surface area contributed by atoms with Crippen LogP contribution < -0.4 is 0 Å². The van der Waals surface area contributed by atoms with E-state index in [-0.39, 0.29) is 0 Å². The van der Waals surface area contributed by atoms with Crippen molar-refractivity contribution in [1.82, 2.24) is 14.5 Å². The lowest BCUT2D eigenvalue weighted by molar-refractivity contribution is 0.0698. The Bertz CT molecular complexity index is 1040. The van der Waals surface area contributed by atoms with Gasteiger partial charge >= 0.3 is 5.97 Å². The Hall–Kier alpha value is -3.47. The maximum absolute atomic E-state index is 11.5. The summed E-state index contributed by atoms with van der Waals surface area (Å²) in [5, 5.41) is 10.3. The third-order valence-corrected chi connectivity index (χ3v) is 4.14. The van der Waals surface area contributed by atoms with Crippen molar-refractivity contribution >= 4 is 16.9 Å². The van der Waals surface area contributed by atoms with E-state index in [9.17, 15) is 9.90 Å². The highest BCUT2D eigenvalue weighted by Crippen LogP contribution is 2.22. The van der Waals surface area contributed by atoms with E-state index >= 15 is 0 Å². The highest BCUT2D eigenvalue weighted by Gasteiger charge is 2.12. The quantitative estimate of drug-likeness (QED) is 0.617. The van der Waals surface area contributed by atoms with E-state index in [1.54, 1.807) is 24.5 Å². The molecule has 1 N–H and O–H groups in total. The molecular formula is C20H15N3O2. The first-order valence-electron chi connectivity index (χ1n) is 7.90. The predicted molar refractivity (Wildman–Crippen MR) is 95.5 cm³/mol. The first-order chi connectivity index (χ1) is 12.2. The molecule has 5 nitrogen and oxygen atoms in total. The van der Waals surface area contributed by atoms with Gasteiger partial charge in [-0.1, -0.05) is 18.2 Å². The molecule has 3 heterocycles. The SMILES string of the molecule is O=C(O)c1cccc2ccn(Cc3ccc(-c4ccccn4)cn3)c12. The molecule has 0 radical (unpaired) electrons. The molecule has 25 heavy (non-hydrogen) atoms. The monoisotopic (exact) mass is 329 g/mol. The van der Waals surface area contributed by atoms with Gasteiger partial charge in [0.25, 0.3) is 0 Å². The maximum Gasteiger partial charge on any atom is 0.337 e. The predicted octanol–water partition coefficient (Wildman–Crippen LogP) is 3.84. The van der Waals surface area contributed by atoms with Gasteiger partial charge in [-0.25, -0.2) is 4.79 Å². The molecule has 5 heteroatoms. The lowest BCUT2D eigenvalue weighted by Crippen LogP contribution is -2.05. The number of para-hydroxylation sites is 1. The van der Waals surface area contributed by atoms with Crippen LogP contribution in [0.4, 0.5) is 0 Å². The van der Waals surface area contributed by atoms with Crippen molar-refractivity contribution in [2.45, 2.75) is 6.54 Å². The van der Waals surface area contributed by atoms with Crippen molar-refractivity contribution in [3.05, 3.63) is 84.4 Å². The lowest BCUT2D eigenvalue weighted by atomic mass is 10.1. The zero-order valence-corrected chi connectivity index (χ0v) is 13.3. The van der Waals surface area contributed by atoms with Crippen LogP contribution in [-0.2, 0) is 6.54 Å². The number of hydrogen-bond acceptors (Lipinski definition) is 3. The molecule has 122 valence electrons. The van der Waals surface area contributed by atoms with Crippen LogP contribution >= 0.6 is 0 Å². The van der Waals surface area contributed by atoms with Crippen LogP contribution in [0.2, 0.25) is 0 Å². The second-order valence-electron chi connectivity index (χ2n) is 5.75. The van der Waals surface area contributed by atoms with Crippen LogP contribution in [0, 0.1) is 0 Å². The average Bonchev–Trinajstić information content (AvgIpc) is 3.06. The van der Waals surface area contributed by atoms with Crippen LogP contribution in [0.5, 0.6) is 0 Å². The molecule has 0 aliphatic carbocycles. The van der Waals surface area contributed by atoms with E-state index in [0.717, 1.165) is 22.3 Å². The van der Waals surface area contributed by atoms with Gasteiger partial charge in [0.2, 0.25) is 0 Å². The number of rotatable bonds is 4. The molecule has 4 rings (SSSR count). The van der Waals surface area contributed by atoms with E-state index in [0.29, 0.717) is 17.6 Å². The second kappa shape index (κ2) is 6.20. The summed E-state index contributed by atoms with van der Waals surface area (Å²) in [6.45, 7) is 0.510.